The van der Waals surface area contributed by atoms with Crippen LogP contribution in [0.25, 0.3) is 0 Å². The number of benzene rings is 1. The van der Waals surface area contributed by atoms with Crippen LogP contribution in [-0.4, -0.2) is 26.3 Å². The number of carbonyl (C=O) groups is 1. The maximum absolute atomic E-state index is 11.3. The molecule has 0 spiro atoms. The van der Waals surface area contributed by atoms with Crippen molar-refractivity contribution in [2.45, 2.75) is 0 Å². The molecule has 1 rings (SSSR count). The molecule has 0 bridgehead atoms. The highest BCUT2D eigenvalue weighted by molar-refractivity contribution is 14.2. The average Bonchev–Trinajstić information content (AvgIpc) is 2.08. The Hall–Kier alpha value is -0.470. The van der Waals surface area contributed by atoms with Gasteiger partial charge in [-0.2, -0.15) is 0 Å². The zero-order valence-corrected chi connectivity index (χ0v) is 9.91. The minimum Gasteiger partial charge on any atom is -0.608 e. The second-order valence-electron chi connectivity index (χ2n) is 2.56. The number of halogens is 1. The first-order valence-electron chi connectivity index (χ1n) is 3.60. The van der Waals surface area contributed by atoms with Crippen molar-refractivity contribution in [3.05, 3.63) is 23.8 Å². The highest BCUT2D eigenvalue weighted by atomic mass is 127. The monoisotopic (exact) mass is 326 g/mol. The van der Waals surface area contributed by atoms with Crippen LogP contribution in [0.4, 0.5) is 0 Å². The summed E-state index contributed by atoms with van der Waals surface area (Å²) in [6, 6.07) is 3.75. The standard InChI is InChI=1S/C8H7IO4S/c9-14(13)4-8(12)5-1-2-6(10)7(11)3-5/h1-3,10-11H,4H2. The molecule has 0 saturated carbocycles. The molecule has 0 amide bonds. The summed E-state index contributed by atoms with van der Waals surface area (Å²) in [6.07, 6.45) is 0. The Morgan fingerprint density at radius 1 is 1.43 bits per heavy atom. The first-order chi connectivity index (χ1) is 6.50. The largest absolute Gasteiger partial charge is 0.608 e. The number of aromatic hydroxyl groups is 2. The molecule has 6 heteroatoms. The van der Waals surface area contributed by atoms with Crippen molar-refractivity contribution in [1.29, 1.82) is 0 Å². The fourth-order valence-electron chi connectivity index (χ4n) is 0.883. The van der Waals surface area contributed by atoms with Gasteiger partial charge >= 0.3 is 0 Å². The molecule has 4 nitrogen and oxygen atoms in total. The van der Waals surface area contributed by atoms with E-state index < -0.39 is 8.35 Å². The number of phenols is 2. The number of carbonyl (C=O) groups excluding carboxylic acids is 1. The van der Waals surface area contributed by atoms with Gasteiger partial charge in [-0.25, -0.2) is 0 Å². The molecule has 0 heterocycles. The van der Waals surface area contributed by atoms with Crippen LogP contribution >= 0.6 is 21.2 Å². The van der Waals surface area contributed by atoms with Gasteiger partial charge in [-0.1, -0.05) is 0 Å². The minimum absolute atomic E-state index is 0.0925. The van der Waals surface area contributed by atoms with Gasteiger partial charge in [0.1, 0.15) is 0 Å². The molecule has 2 N–H and O–H groups in total. The smallest absolute Gasteiger partial charge is 0.249 e. The molecule has 0 aromatic heterocycles. The number of phenolic OH excluding ortho intramolecular Hbond substituents is 2. The zero-order valence-electron chi connectivity index (χ0n) is 6.94. The number of hydrogen-bond donors (Lipinski definition) is 2. The normalized spacial score (nSPS) is 12.4. The number of rotatable bonds is 3. The van der Waals surface area contributed by atoms with Crippen molar-refractivity contribution in [2.75, 3.05) is 5.75 Å². The Morgan fingerprint density at radius 3 is 2.57 bits per heavy atom. The lowest BCUT2D eigenvalue weighted by atomic mass is 10.1. The zero-order chi connectivity index (χ0) is 10.7. The van der Waals surface area contributed by atoms with E-state index in [-0.39, 0.29) is 28.6 Å². The lowest BCUT2D eigenvalue weighted by Crippen LogP contribution is -2.10. The predicted octanol–water partition coefficient (Wildman–Crippen LogP) is 1.38. The van der Waals surface area contributed by atoms with E-state index in [9.17, 15) is 9.35 Å². The van der Waals surface area contributed by atoms with Gasteiger partial charge in [0.2, 0.25) is 27.0 Å². The Bertz CT molecular complexity index is 353. The molecule has 1 atom stereocenters. The van der Waals surface area contributed by atoms with Crippen molar-refractivity contribution in [2.24, 2.45) is 0 Å². The Kier molecular flexibility index (Phi) is 4.02. The summed E-state index contributed by atoms with van der Waals surface area (Å²) >= 11 is 1.64. The summed E-state index contributed by atoms with van der Waals surface area (Å²) in [7, 11) is -1.23. The molecule has 76 valence electrons. The fourth-order valence-corrected chi connectivity index (χ4v) is 2.10. The second-order valence-corrected chi connectivity index (χ2v) is 6.38. The van der Waals surface area contributed by atoms with E-state index in [4.69, 9.17) is 10.2 Å². The van der Waals surface area contributed by atoms with Gasteiger partial charge in [-0.15, -0.1) is 0 Å². The van der Waals surface area contributed by atoms with Crippen LogP contribution in [0.3, 0.4) is 0 Å². The van der Waals surface area contributed by atoms with Crippen molar-refractivity contribution < 1.29 is 19.6 Å². The molecule has 0 aliphatic heterocycles. The third-order valence-corrected chi connectivity index (χ3v) is 2.97. The van der Waals surface area contributed by atoms with Crippen molar-refractivity contribution in [3.8, 4) is 11.5 Å². The molecule has 1 unspecified atom stereocenters. The predicted molar refractivity (Wildman–Crippen MR) is 61.1 cm³/mol. The third-order valence-electron chi connectivity index (χ3n) is 1.54. The summed E-state index contributed by atoms with van der Waals surface area (Å²) in [5.74, 6) is -1.05. The molecule has 0 aliphatic carbocycles. The van der Waals surface area contributed by atoms with E-state index in [2.05, 4.69) is 0 Å². The summed E-state index contributed by atoms with van der Waals surface area (Å²) < 4.78 is 10.7. The van der Waals surface area contributed by atoms with Crippen molar-refractivity contribution >= 4 is 35.3 Å². The summed E-state index contributed by atoms with van der Waals surface area (Å²) in [5, 5.41) is 18.1. The topological polar surface area (TPSA) is 80.6 Å². The first-order valence-corrected chi connectivity index (χ1v) is 7.46. The maximum Gasteiger partial charge on any atom is 0.249 e. The van der Waals surface area contributed by atoms with Gasteiger partial charge < -0.3 is 14.8 Å². The van der Waals surface area contributed by atoms with E-state index in [1.54, 1.807) is 21.2 Å². The van der Waals surface area contributed by atoms with E-state index in [1.807, 2.05) is 0 Å². The van der Waals surface area contributed by atoms with Crippen LogP contribution in [0.2, 0.25) is 0 Å². The fraction of sp³-hybridized carbons (Fsp3) is 0.125. The lowest BCUT2D eigenvalue weighted by Gasteiger charge is -2.03. The number of Topliss-reactive ketones (excluding diaryl/α,β-unsaturated/α-hetero) is 1. The molecule has 1 aromatic rings. The first kappa shape index (κ1) is 11.6. The van der Waals surface area contributed by atoms with E-state index in [0.717, 1.165) is 6.07 Å². The van der Waals surface area contributed by atoms with Gasteiger partial charge in [-0.05, 0) is 18.2 Å². The average molecular weight is 326 g/mol. The molecular weight excluding hydrogens is 319 g/mol. The highest BCUT2D eigenvalue weighted by Gasteiger charge is 2.14. The van der Waals surface area contributed by atoms with Crippen LogP contribution < -0.4 is 0 Å². The quantitative estimate of drug-likeness (QED) is 0.381. The SMILES string of the molecule is O=C(C[S+]([O-])I)c1ccc(O)c(O)c1. The van der Waals surface area contributed by atoms with Crippen LogP contribution in [0.15, 0.2) is 18.2 Å². The van der Waals surface area contributed by atoms with Crippen LogP contribution in [0.5, 0.6) is 11.5 Å². The molecule has 1 aromatic carbocycles. The molecular formula is C8H7IO4S. The lowest BCUT2D eigenvalue weighted by molar-refractivity contribution is 0.102. The number of ketones is 1. The molecule has 0 radical (unpaired) electrons. The Balaban J connectivity index is 2.86. The Labute approximate surface area is 95.7 Å². The van der Waals surface area contributed by atoms with Crippen molar-refractivity contribution in [3.63, 3.8) is 0 Å². The minimum atomic E-state index is -1.23. The van der Waals surface area contributed by atoms with Crippen LogP contribution in [-0.2, 0) is 8.35 Å². The van der Waals surface area contributed by atoms with Crippen molar-refractivity contribution in [1.82, 2.24) is 0 Å². The Morgan fingerprint density at radius 2 is 2.07 bits per heavy atom. The van der Waals surface area contributed by atoms with E-state index >= 15 is 0 Å². The highest BCUT2D eigenvalue weighted by Crippen LogP contribution is 2.25. The van der Waals surface area contributed by atoms with Crippen LogP contribution in [0.1, 0.15) is 10.4 Å². The summed E-state index contributed by atoms with van der Waals surface area (Å²) in [6.45, 7) is 0. The molecule has 0 aliphatic rings. The van der Waals surface area contributed by atoms with Gasteiger partial charge in [-0.3, -0.25) is 4.79 Å². The van der Waals surface area contributed by atoms with Gasteiger partial charge in [0.15, 0.2) is 17.3 Å². The third kappa shape index (κ3) is 3.03. The van der Waals surface area contributed by atoms with Crippen LogP contribution in [0, 0.1) is 0 Å². The molecule has 0 fully saturated rings. The summed E-state index contributed by atoms with van der Waals surface area (Å²) in [4.78, 5) is 11.3. The number of hydrogen-bond acceptors (Lipinski definition) is 4. The van der Waals surface area contributed by atoms with Gasteiger partial charge in [0.05, 0.1) is 0 Å². The molecule has 14 heavy (non-hydrogen) atoms. The summed E-state index contributed by atoms with van der Waals surface area (Å²) in [5.41, 5.74) is 0.241. The van der Waals surface area contributed by atoms with E-state index in [1.165, 1.54) is 12.1 Å². The molecule has 0 saturated heterocycles. The van der Waals surface area contributed by atoms with E-state index in [0.29, 0.717) is 0 Å². The van der Waals surface area contributed by atoms with Gasteiger partial charge in [0.25, 0.3) is 0 Å². The maximum atomic E-state index is 11.3. The second kappa shape index (κ2) is 4.85. The van der Waals surface area contributed by atoms with Gasteiger partial charge in [0, 0.05) is 13.9 Å².